The van der Waals surface area contributed by atoms with E-state index >= 15 is 0 Å². The zero-order chi connectivity index (χ0) is 11.8. The Morgan fingerprint density at radius 2 is 2.41 bits per heavy atom. The first-order chi connectivity index (χ1) is 8.22. The summed E-state index contributed by atoms with van der Waals surface area (Å²) in [7, 11) is 0. The van der Waals surface area contributed by atoms with Crippen molar-refractivity contribution in [2.45, 2.75) is 19.4 Å². The predicted molar refractivity (Wildman–Crippen MR) is 62.8 cm³/mol. The van der Waals surface area contributed by atoms with Gasteiger partial charge in [-0.25, -0.2) is 4.98 Å². The van der Waals surface area contributed by atoms with Crippen LogP contribution in [-0.4, -0.2) is 33.1 Å². The van der Waals surface area contributed by atoms with Crippen molar-refractivity contribution in [3.05, 3.63) is 24.0 Å². The van der Waals surface area contributed by atoms with Crippen molar-refractivity contribution in [1.82, 2.24) is 19.9 Å². The molecule has 1 amide bonds. The number of rotatable bonds is 2. The van der Waals surface area contributed by atoms with Gasteiger partial charge in [-0.3, -0.25) is 4.79 Å². The highest BCUT2D eigenvalue weighted by atomic mass is 16.1. The molecule has 1 atom stereocenters. The third-order valence-electron chi connectivity index (χ3n) is 2.85. The smallest absolute Gasteiger partial charge is 0.222 e. The lowest BCUT2D eigenvalue weighted by molar-refractivity contribution is -0.119. The zero-order valence-electron chi connectivity index (χ0n) is 9.47. The number of nitrogens with zero attached hydrogens (tertiary/aromatic N) is 3. The number of anilines is 1. The van der Waals surface area contributed by atoms with Crippen LogP contribution in [0.2, 0.25) is 0 Å². The Hall–Kier alpha value is -2.11. The van der Waals surface area contributed by atoms with Crippen LogP contribution in [0.4, 0.5) is 5.82 Å². The van der Waals surface area contributed by atoms with Crippen molar-refractivity contribution in [3.8, 4) is 0 Å². The minimum Gasteiger partial charge on any atom is -0.365 e. The highest BCUT2D eigenvalue weighted by Gasteiger charge is 2.21. The molecule has 3 heterocycles. The SMILES string of the molecule is Cc1cc(NC2CNC(=O)C2)n2ncnc2c1. The van der Waals surface area contributed by atoms with Gasteiger partial charge < -0.3 is 10.6 Å². The van der Waals surface area contributed by atoms with Gasteiger partial charge in [0.15, 0.2) is 5.65 Å². The quantitative estimate of drug-likeness (QED) is 0.781. The Bertz CT molecular complexity index is 576. The summed E-state index contributed by atoms with van der Waals surface area (Å²) >= 11 is 0. The Labute approximate surface area is 98.0 Å². The highest BCUT2D eigenvalue weighted by molar-refractivity contribution is 5.79. The minimum absolute atomic E-state index is 0.0880. The molecular weight excluding hydrogens is 218 g/mol. The molecule has 0 aliphatic carbocycles. The maximum absolute atomic E-state index is 11.1. The molecule has 0 saturated carbocycles. The lowest BCUT2D eigenvalue weighted by Gasteiger charge is -2.13. The average Bonchev–Trinajstić information content (AvgIpc) is 2.87. The molecule has 1 aliphatic heterocycles. The average molecular weight is 231 g/mol. The van der Waals surface area contributed by atoms with Crippen molar-refractivity contribution in [1.29, 1.82) is 0 Å². The molecule has 0 aromatic carbocycles. The van der Waals surface area contributed by atoms with Crippen LogP contribution in [0, 0.1) is 6.92 Å². The summed E-state index contributed by atoms with van der Waals surface area (Å²) in [5.41, 5.74) is 1.93. The van der Waals surface area contributed by atoms with Crippen molar-refractivity contribution in [2.24, 2.45) is 0 Å². The molecule has 88 valence electrons. The summed E-state index contributed by atoms with van der Waals surface area (Å²) < 4.78 is 1.75. The van der Waals surface area contributed by atoms with Gasteiger partial charge >= 0.3 is 0 Å². The lowest BCUT2D eigenvalue weighted by Crippen LogP contribution is -2.23. The highest BCUT2D eigenvalue weighted by Crippen LogP contribution is 2.15. The second-order valence-corrected chi connectivity index (χ2v) is 4.30. The van der Waals surface area contributed by atoms with Crippen LogP contribution in [-0.2, 0) is 4.79 Å². The van der Waals surface area contributed by atoms with E-state index in [1.165, 1.54) is 6.33 Å². The number of aryl methyl sites for hydroxylation is 1. The van der Waals surface area contributed by atoms with Gasteiger partial charge in [-0.05, 0) is 24.6 Å². The summed E-state index contributed by atoms with van der Waals surface area (Å²) in [5, 5.41) is 10.3. The molecular formula is C11H13N5O. The molecule has 2 N–H and O–H groups in total. The van der Waals surface area contributed by atoms with Gasteiger partial charge in [0, 0.05) is 13.0 Å². The first kappa shape index (κ1) is 10.1. The lowest BCUT2D eigenvalue weighted by atomic mass is 10.2. The fourth-order valence-corrected chi connectivity index (χ4v) is 2.08. The van der Waals surface area contributed by atoms with Crippen molar-refractivity contribution in [2.75, 3.05) is 11.9 Å². The monoisotopic (exact) mass is 231 g/mol. The summed E-state index contributed by atoms with van der Waals surface area (Å²) in [6, 6.07) is 4.09. The van der Waals surface area contributed by atoms with Crippen molar-refractivity contribution < 1.29 is 4.79 Å². The van der Waals surface area contributed by atoms with E-state index in [0.717, 1.165) is 17.0 Å². The number of carbonyl (C=O) groups is 1. The van der Waals surface area contributed by atoms with Crippen LogP contribution in [0.3, 0.4) is 0 Å². The largest absolute Gasteiger partial charge is 0.365 e. The van der Waals surface area contributed by atoms with Gasteiger partial charge in [-0.2, -0.15) is 9.61 Å². The van der Waals surface area contributed by atoms with Gasteiger partial charge in [-0.1, -0.05) is 0 Å². The van der Waals surface area contributed by atoms with E-state index in [-0.39, 0.29) is 11.9 Å². The number of pyridine rings is 1. The molecule has 1 unspecified atom stereocenters. The molecule has 0 spiro atoms. The molecule has 0 bridgehead atoms. The first-order valence-corrected chi connectivity index (χ1v) is 5.56. The molecule has 1 fully saturated rings. The number of carbonyl (C=O) groups excluding carboxylic acids is 1. The van der Waals surface area contributed by atoms with Crippen LogP contribution in [0.1, 0.15) is 12.0 Å². The third kappa shape index (κ3) is 1.82. The maximum atomic E-state index is 11.1. The number of nitrogens with one attached hydrogen (secondary N) is 2. The Morgan fingerprint density at radius 3 is 3.18 bits per heavy atom. The van der Waals surface area contributed by atoms with E-state index in [9.17, 15) is 4.79 Å². The summed E-state index contributed by atoms with van der Waals surface area (Å²) in [6.07, 6.45) is 2.03. The van der Waals surface area contributed by atoms with E-state index in [0.29, 0.717) is 13.0 Å². The van der Waals surface area contributed by atoms with Crippen LogP contribution in [0.5, 0.6) is 0 Å². The van der Waals surface area contributed by atoms with Crippen LogP contribution < -0.4 is 10.6 Å². The Kier molecular flexibility index (Phi) is 2.21. The molecule has 2 aromatic heterocycles. The third-order valence-corrected chi connectivity index (χ3v) is 2.85. The fourth-order valence-electron chi connectivity index (χ4n) is 2.08. The van der Waals surface area contributed by atoms with E-state index in [4.69, 9.17) is 0 Å². The molecule has 6 heteroatoms. The van der Waals surface area contributed by atoms with Gasteiger partial charge in [0.05, 0.1) is 6.04 Å². The fraction of sp³-hybridized carbons (Fsp3) is 0.364. The summed E-state index contributed by atoms with van der Waals surface area (Å²) in [5.74, 6) is 0.962. The Balaban J connectivity index is 1.93. The van der Waals surface area contributed by atoms with Crippen LogP contribution in [0.25, 0.3) is 5.65 Å². The topological polar surface area (TPSA) is 71.3 Å². The van der Waals surface area contributed by atoms with Gasteiger partial charge in [0.1, 0.15) is 12.1 Å². The van der Waals surface area contributed by atoms with Gasteiger partial charge in [0.2, 0.25) is 5.91 Å². The standard InChI is InChI=1S/C11H13N5O/c1-7-2-9-13-6-14-16(9)10(3-7)15-8-4-11(17)12-5-8/h2-3,6,8,15H,4-5H2,1H3,(H,12,17). The summed E-state index contributed by atoms with van der Waals surface area (Å²) in [4.78, 5) is 15.3. The molecule has 1 saturated heterocycles. The molecule has 2 aromatic rings. The summed E-state index contributed by atoms with van der Waals surface area (Å²) in [6.45, 7) is 2.67. The molecule has 6 nitrogen and oxygen atoms in total. The van der Waals surface area contributed by atoms with Crippen LogP contribution in [0.15, 0.2) is 18.5 Å². The number of hydrogen-bond acceptors (Lipinski definition) is 4. The number of fused-ring (bicyclic) bond motifs is 1. The second-order valence-electron chi connectivity index (χ2n) is 4.30. The first-order valence-electron chi connectivity index (χ1n) is 5.56. The molecule has 3 rings (SSSR count). The van der Waals surface area contributed by atoms with E-state index in [1.54, 1.807) is 4.52 Å². The molecule has 17 heavy (non-hydrogen) atoms. The molecule has 1 aliphatic rings. The minimum atomic E-state index is 0.0880. The van der Waals surface area contributed by atoms with Crippen molar-refractivity contribution >= 4 is 17.4 Å². The predicted octanol–water partition coefficient (Wildman–Crippen LogP) is 0.338. The zero-order valence-corrected chi connectivity index (χ0v) is 9.47. The van der Waals surface area contributed by atoms with Crippen molar-refractivity contribution in [3.63, 3.8) is 0 Å². The van der Waals surface area contributed by atoms with Gasteiger partial charge in [-0.15, -0.1) is 0 Å². The Morgan fingerprint density at radius 1 is 1.53 bits per heavy atom. The normalized spacial score (nSPS) is 19.6. The van der Waals surface area contributed by atoms with Gasteiger partial charge in [0.25, 0.3) is 0 Å². The molecule has 0 radical (unpaired) electrons. The van der Waals surface area contributed by atoms with E-state index in [2.05, 4.69) is 20.7 Å². The number of aromatic nitrogens is 3. The number of hydrogen-bond donors (Lipinski definition) is 2. The number of amides is 1. The van der Waals surface area contributed by atoms with E-state index < -0.39 is 0 Å². The maximum Gasteiger partial charge on any atom is 0.222 e. The van der Waals surface area contributed by atoms with E-state index in [1.807, 2.05) is 19.1 Å². The van der Waals surface area contributed by atoms with Crippen LogP contribution >= 0.6 is 0 Å². The second kappa shape index (κ2) is 3.73.